The highest BCUT2D eigenvalue weighted by atomic mass is 15.2. The summed E-state index contributed by atoms with van der Waals surface area (Å²) >= 11 is 0. The Morgan fingerprint density at radius 2 is 2.00 bits per heavy atom. The maximum atomic E-state index is 4.22. The predicted molar refractivity (Wildman–Crippen MR) is 81.6 cm³/mol. The highest BCUT2D eigenvalue weighted by molar-refractivity contribution is 5.09. The van der Waals surface area contributed by atoms with E-state index in [1.54, 1.807) is 0 Å². The molecule has 0 aliphatic heterocycles. The van der Waals surface area contributed by atoms with Gasteiger partial charge >= 0.3 is 0 Å². The molecule has 1 N–H and O–H groups in total. The lowest BCUT2D eigenvalue weighted by Crippen LogP contribution is -2.29. The van der Waals surface area contributed by atoms with E-state index in [1.165, 1.54) is 11.1 Å². The molecule has 2 rings (SSSR count). The van der Waals surface area contributed by atoms with Gasteiger partial charge in [0, 0.05) is 31.7 Å². The average Bonchev–Trinajstić information content (AvgIpc) is 2.89. The Bertz CT molecular complexity index is 492. The van der Waals surface area contributed by atoms with E-state index in [1.807, 2.05) is 36.4 Å². The van der Waals surface area contributed by atoms with Gasteiger partial charge in [0.25, 0.3) is 0 Å². The minimum Gasteiger partial charge on any atom is -0.314 e. The number of nitrogens with zero attached hydrogens (tertiary/aromatic N) is 3. The van der Waals surface area contributed by atoms with E-state index in [2.05, 4.69) is 34.6 Å². The zero-order chi connectivity index (χ0) is 14.2. The quantitative estimate of drug-likeness (QED) is 0.802. The third-order valence-corrected chi connectivity index (χ3v) is 3.54. The summed E-state index contributed by atoms with van der Waals surface area (Å²) in [4.78, 5) is 4.17. The molecule has 0 saturated carbocycles. The molecule has 0 amide bonds. The van der Waals surface area contributed by atoms with Gasteiger partial charge in [-0.15, -0.1) is 0 Å². The number of aromatic nitrogens is 3. The lowest BCUT2D eigenvalue weighted by molar-refractivity contribution is 0.464. The molecule has 0 aromatic carbocycles. The highest BCUT2D eigenvalue weighted by Crippen LogP contribution is 2.10. The van der Waals surface area contributed by atoms with Crippen LogP contribution in [0, 0.1) is 0 Å². The molecule has 0 radical (unpaired) electrons. The van der Waals surface area contributed by atoms with Crippen LogP contribution in [-0.2, 0) is 19.9 Å². The van der Waals surface area contributed by atoms with Gasteiger partial charge in [0.2, 0.25) is 0 Å². The molecule has 2 heterocycles. The summed E-state index contributed by atoms with van der Waals surface area (Å²) in [5.74, 6) is 0. The van der Waals surface area contributed by atoms with Gasteiger partial charge in [0.05, 0.1) is 6.20 Å². The van der Waals surface area contributed by atoms with E-state index in [-0.39, 0.29) is 0 Å². The molecule has 1 atom stereocenters. The van der Waals surface area contributed by atoms with Gasteiger partial charge in [0.1, 0.15) is 0 Å². The molecule has 0 bridgehead atoms. The van der Waals surface area contributed by atoms with Gasteiger partial charge in [-0.05, 0) is 49.4 Å². The summed E-state index contributed by atoms with van der Waals surface area (Å²) < 4.78 is 1.87. The Hall–Kier alpha value is -1.68. The SMILES string of the molecule is CCNC(CCc1cccnc1)CCc1cnn(C)c1. The summed E-state index contributed by atoms with van der Waals surface area (Å²) in [5, 5.41) is 7.80. The second-order valence-electron chi connectivity index (χ2n) is 5.22. The molecule has 0 spiro atoms. The first-order valence-electron chi connectivity index (χ1n) is 7.37. The molecular formula is C16H24N4. The van der Waals surface area contributed by atoms with Crippen LogP contribution in [-0.4, -0.2) is 27.4 Å². The molecule has 0 saturated heterocycles. The van der Waals surface area contributed by atoms with E-state index >= 15 is 0 Å². The third kappa shape index (κ3) is 4.78. The third-order valence-electron chi connectivity index (χ3n) is 3.54. The van der Waals surface area contributed by atoms with Crippen molar-refractivity contribution in [2.75, 3.05) is 6.54 Å². The molecule has 108 valence electrons. The van der Waals surface area contributed by atoms with Crippen LogP contribution in [0.15, 0.2) is 36.9 Å². The van der Waals surface area contributed by atoms with E-state index in [9.17, 15) is 0 Å². The van der Waals surface area contributed by atoms with Crippen LogP contribution < -0.4 is 5.32 Å². The van der Waals surface area contributed by atoms with Crippen molar-refractivity contribution in [1.29, 1.82) is 0 Å². The van der Waals surface area contributed by atoms with E-state index < -0.39 is 0 Å². The second kappa shape index (κ2) is 7.80. The first kappa shape index (κ1) is 14.7. The number of hydrogen-bond donors (Lipinski definition) is 1. The van der Waals surface area contributed by atoms with Crippen LogP contribution in [0.1, 0.15) is 30.9 Å². The summed E-state index contributed by atoms with van der Waals surface area (Å²) in [7, 11) is 1.97. The Morgan fingerprint density at radius 3 is 2.60 bits per heavy atom. The fourth-order valence-corrected chi connectivity index (χ4v) is 2.47. The molecule has 20 heavy (non-hydrogen) atoms. The van der Waals surface area contributed by atoms with E-state index in [4.69, 9.17) is 0 Å². The van der Waals surface area contributed by atoms with E-state index in [0.717, 1.165) is 32.2 Å². The van der Waals surface area contributed by atoms with Crippen molar-refractivity contribution in [3.05, 3.63) is 48.0 Å². The minimum absolute atomic E-state index is 0.556. The van der Waals surface area contributed by atoms with Crippen LogP contribution in [0.5, 0.6) is 0 Å². The molecule has 0 fully saturated rings. The maximum Gasteiger partial charge on any atom is 0.0521 e. The standard InChI is InChI=1S/C16H24N4/c1-3-18-16(8-6-14-5-4-10-17-11-14)9-7-15-12-19-20(2)13-15/h4-5,10-13,16,18H,3,6-9H2,1-2H3. The number of pyridine rings is 1. The Labute approximate surface area is 121 Å². The molecule has 2 aromatic rings. The average molecular weight is 272 g/mol. The van der Waals surface area contributed by atoms with Crippen molar-refractivity contribution in [3.8, 4) is 0 Å². The first-order chi connectivity index (χ1) is 9.78. The second-order valence-corrected chi connectivity index (χ2v) is 5.22. The van der Waals surface area contributed by atoms with Crippen LogP contribution in [0.4, 0.5) is 0 Å². The monoisotopic (exact) mass is 272 g/mol. The minimum atomic E-state index is 0.556. The number of rotatable bonds is 8. The number of nitrogens with one attached hydrogen (secondary N) is 1. The summed E-state index contributed by atoms with van der Waals surface area (Å²) in [6, 6.07) is 4.71. The van der Waals surface area contributed by atoms with Crippen LogP contribution >= 0.6 is 0 Å². The first-order valence-corrected chi connectivity index (χ1v) is 7.37. The lowest BCUT2D eigenvalue weighted by atomic mass is 10.0. The topological polar surface area (TPSA) is 42.7 Å². The molecule has 2 aromatic heterocycles. The lowest BCUT2D eigenvalue weighted by Gasteiger charge is -2.17. The molecular weight excluding hydrogens is 248 g/mol. The van der Waals surface area contributed by atoms with Crippen molar-refractivity contribution in [3.63, 3.8) is 0 Å². The molecule has 0 aliphatic rings. The highest BCUT2D eigenvalue weighted by Gasteiger charge is 2.08. The summed E-state index contributed by atoms with van der Waals surface area (Å²) in [5.41, 5.74) is 2.63. The van der Waals surface area contributed by atoms with Crippen molar-refractivity contribution in [1.82, 2.24) is 20.1 Å². The predicted octanol–water partition coefficient (Wildman–Crippen LogP) is 2.36. The van der Waals surface area contributed by atoms with Gasteiger partial charge in [-0.25, -0.2) is 0 Å². The normalized spacial score (nSPS) is 12.5. The van der Waals surface area contributed by atoms with Gasteiger partial charge in [-0.3, -0.25) is 9.67 Å². The smallest absolute Gasteiger partial charge is 0.0521 e. The summed E-state index contributed by atoms with van der Waals surface area (Å²) in [6.07, 6.45) is 12.3. The van der Waals surface area contributed by atoms with Crippen LogP contribution in [0.3, 0.4) is 0 Å². The van der Waals surface area contributed by atoms with Crippen LogP contribution in [0.2, 0.25) is 0 Å². The van der Waals surface area contributed by atoms with Crippen molar-refractivity contribution < 1.29 is 0 Å². The Kier molecular flexibility index (Phi) is 5.74. The zero-order valence-corrected chi connectivity index (χ0v) is 12.4. The molecule has 4 heteroatoms. The van der Waals surface area contributed by atoms with Crippen molar-refractivity contribution >= 4 is 0 Å². The van der Waals surface area contributed by atoms with Crippen molar-refractivity contribution in [2.45, 2.75) is 38.6 Å². The fraction of sp³-hybridized carbons (Fsp3) is 0.500. The number of hydrogen-bond acceptors (Lipinski definition) is 3. The fourth-order valence-electron chi connectivity index (χ4n) is 2.47. The largest absolute Gasteiger partial charge is 0.314 e. The van der Waals surface area contributed by atoms with Gasteiger partial charge < -0.3 is 5.32 Å². The van der Waals surface area contributed by atoms with Gasteiger partial charge in [-0.2, -0.15) is 5.10 Å². The van der Waals surface area contributed by atoms with E-state index in [0.29, 0.717) is 6.04 Å². The number of aryl methyl sites for hydroxylation is 3. The molecule has 1 unspecified atom stereocenters. The maximum absolute atomic E-state index is 4.22. The molecule has 4 nitrogen and oxygen atoms in total. The van der Waals surface area contributed by atoms with Gasteiger partial charge in [0.15, 0.2) is 0 Å². The van der Waals surface area contributed by atoms with Crippen LogP contribution in [0.25, 0.3) is 0 Å². The van der Waals surface area contributed by atoms with Gasteiger partial charge in [-0.1, -0.05) is 13.0 Å². The Morgan fingerprint density at radius 1 is 1.20 bits per heavy atom. The van der Waals surface area contributed by atoms with Crippen molar-refractivity contribution in [2.24, 2.45) is 7.05 Å². The Balaban J connectivity index is 1.80. The zero-order valence-electron chi connectivity index (χ0n) is 12.4. The summed E-state index contributed by atoms with van der Waals surface area (Å²) in [6.45, 7) is 3.19. The molecule has 0 aliphatic carbocycles.